The van der Waals surface area contributed by atoms with E-state index in [4.69, 9.17) is 4.74 Å². The van der Waals surface area contributed by atoms with E-state index >= 15 is 0 Å². The normalized spacial score (nSPS) is 17.5. The van der Waals surface area contributed by atoms with Crippen LogP contribution in [0.1, 0.15) is 5.56 Å². The Morgan fingerprint density at radius 2 is 1.94 bits per heavy atom. The Bertz CT molecular complexity index is 371. The standard InChI is InChI=1S/C11H12BrF2NO/c1-16-8-4-15(5-8)6-9-10(13)2-7(12)3-11(9)14/h2-3,8H,4-6H2,1H3. The molecule has 5 heteroatoms. The van der Waals surface area contributed by atoms with Crippen molar-refractivity contribution in [2.45, 2.75) is 12.6 Å². The lowest BCUT2D eigenvalue weighted by Crippen LogP contribution is -2.51. The maximum Gasteiger partial charge on any atom is 0.131 e. The molecule has 1 saturated heterocycles. The minimum atomic E-state index is -0.507. The maximum absolute atomic E-state index is 13.5. The molecule has 0 bridgehead atoms. The highest BCUT2D eigenvalue weighted by molar-refractivity contribution is 9.10. The molecule has 0 N–H and O–H groups in total. The van der Waals surface area contributed by atoms with Gasteiger partial charge in [0.05, 0.1) is 6.10 Å². The van der Waals surface area contributed by atoms with Crippen LogP contribution in [0.5, 0.6) is 0 Å². The highest BCUT2D eigenvalue weighted by Gasteiger charge is 2.27. The number of benzene rings is 1. The summed E-state index contributed by atoms with van der Waals surface area (Å²) in [5.41, 5.74) is 0.123. The Hall–Kier alpha value is -0.520. The van der Waals surface area contributed by atoms with Gasteiger partial charge in [0.1, 0.15) is 11.6 Å². The SMILES string of the molecule is COC1CN(Cc2c(F)cc(Br)cc2F)C1. The average molecular weight is 292 g/mol. The van der Waals surface area contributed by atoms with Crippen molar-refractivity contribution in [1.29, 1.82) is 0 Å². The third kappa shape index (κ3) is 2.42. The molecule has 1 aliphatic heterocycles. The van der Waals surface area contributed by atoms with Gasteiger partial charge in [-0.25, -0.2) is 8.78 Å². The van der Waals surface area contributed by atoms with Crippen LogP contribution in [0.25, 0.3) is 0 Å². The van der Waals surface area contributed by atoms with E-state index in [2.05, 4.69) is 15.9 Å². The zero-order valence-corrected chi connectivity index (χ0v) is 10.4. The fourth-order valence-electron chi connectivity index (χ4n) is 1.75. The molecule has 0 saturated carbocycles. The van der Waals surface area contributed by atoms with E-state index in [-0.39, 0.29) is 11.7 Å². The number of likely N-dealkylation sites (tertiary alicyclic amines) is 1. The van der Waals surface area contributed by atoms with Gasteiger partial charge < -0.3 is 4.74 Å². The van der Waals surface area contributed by atoms with Gasteiger partial charge in [-0.05, 0) is 12.1 Å². The van der Waals surface area contributed by atoms with Crippen molar-refractivity contribution in [2.24, 2.45) is 0 Å². The van der Waals surface area contributed by atoms with Crippen LogP contribution < -0.4 is 0 Å². The van der Waals surface area contributed by atoms with Gasteiger partial charge in [-0.15, -0.1) is 0 Å². The quantitative estimate of drug-likeness (QED) is 0.849. The number of methoxy groups -OCH3 is 1. The summed E-state index contributed by atoms with van der Waals surface area (Å²) in [5, 5.41) is 0. The lowest BCUT2D eigenvalue weighted by molar-refractivity contribution is -0.0342. The van der Waals surface area contributed by atoms with Gasteiger partial charge in [0.2, 0.25) is 0 Å². The fraction of sp³-hybridized carbons (Fsp3) is 0.455. The number of hydrogen-bond donors (Lipinski definition) is 0. The molecule has 0 spiro atoms. The molecular formula is C11H12BrF2NO. The van der Waals surface area contributed by atoms with Crippen LogP contribution in [0.3, 0.4) is 0 Å². The summed E-state index contributed by atoms with van der Waals surface area (Å²) in [6, 6.07) is 2.57. The molecule has 88 valence electrons. The molecule has 1 fully saturated rings. The van der Waals surface area contributed by atoms with Crippen LogP contribution in [0.2, 0.25) is 0 Å². The minimum absolute atomic E-state index is 0.123. The molecule has 0 aliphatic carbocycles. The average Bonchev–Trinajstić information content (AvgIpc) is 2.13. The smallest absolute Gasteiger partial charge is 0.131 e. The Kier molecular flexibility index (Phi) is 3.56. The molecule has 0 amide bonds. The van der Waals surface area contributed by atoms with Gasteiger partial charge in [-0.2, -0.15) is 0 Å². The van der Waals surface area contributed by atoms with Crippen molar-refractivity contribution in [3.8, 4) is 0 Å². The van der Waals surface area contributed by atoms with Crippen LogP contribution in [-0.2, 0) is 11.3 Å². The Labute approximate surface area is 101 Å². The van der Waals surface area contributed by atoms with Crippen LogP contribution in [-0.4, -0.2) is 31.2 Å². The van der Waals surface area contributed by atoms with Gasteiger partial charge in [-0.3, -0.25) is 4.90 Å². The monoisotopic (exact) mass is 291 g/mol. The van der Waals surface area contributed by atoms with Crippen molar-refractivity contribution >= 4 is 15.9 Å². The van der Waals surface area contributed by atoms with Crippen LogP contribution in [0.15, 0.2) is 16.6 Å². The second-order valence-corrected chi connectivity index (χ2v) is 4.82. The molecule has 2 rings (SSSR count). The van der Waals surface area contributed by atoms with Crippen molar-refractivity contribution in [3.63, 3.8) is 0 Å². The van der Waals surface area contributed by atoms with E-state index in [1.54, 1.807) is 7.11 Å². The summed E-state index contributed by atoms with van der Waals surface area (Å²) in [4.78, 5) is 1.95. The lowest BCUT2D eigenvalue weighted by atomic mass is 10.1. The molecule has 0 unspecified atom stereocenters. The largest absolute Gasteiger partial charge is 0.379 e. The van der Waals surface area contributed by atoms with Gasteiger partial charge in [0, 0.05) is 36.8 Å². The van der Waals surface area contributed by atoms with Crippen molar-refractivity contribution in [3.05, 3.63) is 33.8 Å². The van der Waals surface area contributed by atoms with Crippen LogP contribution in [0, 0.1) is 11.6 Å². The van der Waals surface area contributed by atoms with E-state index in [0.29, 0.717) is 11.0 Å². The van der Waals surface area contributed by atoms with Crippen molar-refractivity contribution in [2.75, 3.05) is 20.2 Å². The highest BCUT2D eigenvalue weighted by atomic mass is 79.9. The zero-order chi connectivity index (χ0) is 11.7. The number of rotatable bonds is 3. The van der Waals surface area contributed by atoms with Crippen molar-refractivity contribution < 1.29 is 13.5 Å². The third-order valence-electron chi connectivity index (χ3n) is 2.74. The molecule has 1 heterocycles. The van der Waals surface area contributed by atoms with E-state index in [9.17, 15) is 8.78 Å². The minimum Gasteiger partial charge on any atom is -0.379 e. The first-order valence-electron chi connectivity index (χ1n) is 4.98. The first-order valence-corrected chi connectivity index (χ1v) is 5.78. The first-order chi connectivity index (χ1) is 7.60. The number of hydrogen-bond acceptors (Lipinski definition) is 2. The Balaban J connectivity index is 2.05. The number of halogens is 3. The maximum atomic E-state index is 13.5. The second kappa shape index (κ2) is 4.77. The lowest BCUT2D eigenvalue weighted by Gasteiger charge is -2.38. The fourth-order valence-corrected chi connectivity index (χ4v) is 2.15. The van der Waals surface area contributed by atoms with E-state index in [1.807, 2.05) is 4.90 Å². The summed E-state index contributed by atoms with van der Waals surface area (Å²) in [7, 11) is 1.64. The number of ether oxygens (including phenoxy) is 1. The molecular weight excluding hydrogens is 280 g/mol. The number of nitrogens with zero attached hydrogens (tertiary/aromatic N) is 1. The van der Waals surface area contributed by atoms with E-state index < -0.39 is 11.6 Å². The molecule has 0 atom stereocenters. The van der Waals surface area contributed by atoms with E-state index in [1.165, 1.54) is 12.1 Å². The summed E-state index contributed by atoms with van der Waals surface area (Å²) in [6.07, 6.45) is 0.196. The van der Waals surface area contributed by atoms with Crippen LogP contribution >= 0.6 is 15.9 Å². The molecule has 0 aromatic heterocycles. The van der Waals surface area contributed by atoms with Gasteiger partial charge in [0.25, 0.3) is 0 Å². The molecule has 1 aliphatic rings. The molecule has 1 aromatic carbocycles. The Morgan fingerprint density at radius 1 is 1.38 bits per heavy atom. The zero-order valence-electron chi connectivity index (χ0n) is 8.84. The topological polar surface area (TPSA) is 12.5 Å². The van der Waals surface area contributed by atoms with Gasteiger partial charge >= 0.3 is 0 Å². The second-order valence-electron chi connectivity index (χ2n) is 3.90. The van der Waals surface area contributed by atoms with E-state index in [0.717, 1.165) is 13.1 Å². The molecule has 0 radical (unpaired) electrons. The van der Waals surface area contributed by atoms with Crippen molar-refractivity contribution in [1.82, 2.24) is 4.90 Å². The molecule has 16 heavy (non-hydrogen) atoms. The van der Waals surface area contributed by atoms with Gasteiger partial charge in [-0.1, -0.05) is 15.9 Å². The molecule has 1 aromatic rings. The highest BCUT2D eigenvalue weighted by Crippen LogP contribution is 2.23. The van der Waals surface area contributed by atoms with Crippen LogP contribution in [0.4, 0.5) is 8.78 Å². The first kappa shape index (κ1) is 12.0. The molecule has 2 nitrogen and oxygen atoms in total. The summed E-state index contributed by atoms with van der Waals surface area (Å²) >= 11 is 3.05. The van der Waals surface area contributed by atoms with Gasteiger partial charge in [0.15, 0.2) is 0 Å². The summed E-state index contributed by atoms with van der Waals surface area (Å²) in [5.74, 6) is -1.01. The predicted molar refractivity (Wildman–Crippen MR) is 60.1 cm³/mol. The Morgan fingerprint density at radius 3 is 2.44 bits per heavy atom. The predicted octanol–water partition coefficient (Wildman–Crippen LogP) is 2.56. The summed E-state index contributed by atoms with van der Waals surface area (Å²) in [6.45, 7) is 1.75. The third-order valence-corrected chi connectivity index (χ3v) is 3.20. The summed E-state index contributed by atoms with van der Waals surface area (Å²) < 4.78 is 32.5.